The molecule has 4 rings (SSSR count). The molecule has 1 amide bonds. The molecule has 3 aliphatic heterocycles. The van der Waals surface area contributed by atoms with E-state index in [-0.39, 0.29) is 0 Å². The summed E-state index contributed by atoms with van der Waals surface area (Å²) in [6.45, 7) is 11.3. The second kappa shape index (κ2) is 8.32. The number of aryl methyl sites for hydroxylation is 2. The van der Waals surface area contributed by atoms with Crippen LogP contribution in [0.1, 0.15) is 48.8 Å². The van der Waals surface area contributed by atoms with Crippen molar-refractivity contribution in [2.45, 2.75) is 58.5 Å². The number of amides is 1. The van der Waals surface area contributed by atoms with E-state index in [0.29, 0.717) is 12.5 Å². The van der Waals surface area contributed by atoms with Crippen molar-refractivity contribution in [2.75, 3.05) is 39.3 Å². The van der Waals surface area contributed by atoms with Crippen molar-refractivity contribution in [3.8, 4) is 0 Å². The van der Waals surface area contributed by atoms with Gasteiger partial charge in [0.15, 0.2) is 0 Å². The van der Waals surface area contributed by atoms with Crippen molar-refractivity contribution < 1.29 is 4.79 Å². The third-order valence-corrected chi connectivity index (χ3v) is 7.06. The summed E-state index contributed by atoms with van der Waals surface area (Å²) in [6, 6.07) is 7.34. The molecule has 0 radical (unpaired) electrons. The quantitative estimate of drug-likeness (QED) is 0.815. The van der Waals surface area contributed by atoms with Crippen molar-refractivity contribution in [1.82, 2.24) is 14.7 Å². The highest BCUT2D eigenvalue weighted by Gasteiger charge is 2.35. The minimum atomic E-state index is 0.302. The van der Waals surface area contributed by atoms with Gasteiger partial charge in [0.05, 0.1) is 6.54 Å². The highest BCUT2D eigenvalue weighted by molar-refractivity contribution is 5.79. The molecule has 0 bridgehead atoms. The molecule has 0 saturated carbocycles. The van der Waals surface area contributed by atoms with Crippen molar-refractivity contribution in [3.63, 3.8) is 0 Å². The minimum absolute atomic E-state index is 0.302. The highest BCUT2D eigenvalue weighted by Crippen LogP contribution is 2.31. The third kappa shape index (κ3) is 4.38. The van der Waals surface area contributed by atoms with Crippen LogP contribution in [0.15, 0.2) is 18.2 Å². The maximum atomic E-state index is 12.8. The second-order valence-corrected chi connectivity index (χ2v) is 8.97. The number of hydrogen-bond donors (Lipinski definition) is 0. The van der Waals surface area contributed by atoms with Gasteiger partial charge in [0.2, 0.25) is 5.91 Å². The first-order valence-corrected chi connectivity index (χ1v) is 10.9. The Morgan fingerprint density at radius 3 is 2.63 bits per heavy atom. The molecular weight excluding hydrogens is 334 g/mol. The average molecular weight is 370 g/mol. The van der Waals surface area contributed by atoms with Crippen LogP contribution in [0.4, 0.5) is 0 Å². The molecule has 2 unspecified atom stereocenters. The standard InChI is InChI=1S/C23H35N3O/c1-18-8-9-20(14-19(18)2)15-26-13-12-24(17-23(26)27)16-21-6-5-11-25-10-4-3-7-22(21)25/h8-9,14,21-22H,3-7,10-13,15-17H2,1-2H3. The van der Waals surface area contributed by atoms with Crippen molar-refractivity contribution in [3.05, 3.63) is 34.9 Å². The van der Waals surface area contributed by atoms with E-state index in [9.17, 15) is 4.79 Å². The van der Waals surface area contributed by atoms with E-state index in [4.69, 9.17) is 0 Å². The Bertz CT molecular complexity index is 672. The minimum Gasteiger partial charge on any atom is -0.336 e. The molecule has 1 aromatic carbocycles. The SMILES string of the molecule is Cc1ccc(CN2CCN(CC3CCCN4CCCCC34)CC2=O)cc1C. The summed E-state index contributed by atoms with van der Waals surface area (Å²) in [5.74, 6) is 1.06. The summed E-state index contributed by atoms with van der Waals surface area (Å²) >= 11 is 0. The van der Waals surface area contributed by atoms with Gasteiger partial charge in [-0.25, -0.2) is 0 Å². The van der Waals surface area contributed by atoms with Crippen LogP contribution in [0.25, 0.3) is 0 Å². The van der Waals surface area contributed by atoms with Crippen LogP contribution in [0.2, 0.25) is 0 Å². The molecule has 2 atom stereocenters. The largest absolute Gasteiger partial charge is 0.336 e. The molecule has 0 aliphatic carbocycles. The normalized spacial score (nSPS) is 27.6. The lowest BCUT2D eigenvalue weighted by Gasteiger charge is -2.46. The number of rotatable bonds is 4. The van der Waals surface area contributed by atoms with Gasteiger partial charge >= 0.3 is 0 Å². The van der Waals surface area contributed by atoms with E-state index in [2.05, 4.69) is 41.8 Å². The Balaban J connectivity index is 1.31. The second-order valence-electron chi connectivity index (χ2n) is 8.97. The van der Waals surface area contributed by atoms with E-state index >= 15 is 0 Å². The number of carbonyl (C=O) groups is 1. The van der Waals surface area contributed by atoms with Gasteiger partial charge in [-0.3, -0.25) is 9.69 Å². The molecule has 0 spiro atoms. The Hall–Kier alpha value is -1.39. The summed E-state index contributed by atoms with van der Waals surface area (Å²) in [6.07, 6.45) is 6.81. The zero-order valence-electron chi connectivity index (χ0n) is 17.1. The lowest BCUT2D eigenvalue weighted by atomic mass is 9.83. The van der Waals surface area contributed by atoms with E-state index in [0.717, 1.165) is 38.1 Å². The van der Waals surface area contributed by atoms with E-state index in [1.807, 2.05) is 4.90 Å². The van der Waals surface area contributed by atoms with Gasteiger partial charge in [-0.15, -0.1) is 0 Å². The van der Waals surface area contributed by atoms with Crippen molar-refractivity contribution in [1.29, 1.82) is 0 Å². The molecule has 148 valence electrons. The summed E-state index contributed by atoms with van der Waals surface area (Å²) in [5.41, 5.74) is 3.89. The van der Waals surface area contributed by atoms with Crippen LogP contribution in [0, 0.1) is 19.8 Å². The Morgan fingerprint density at radius 2 is 1.81 bits per heavy atom. The lowest BCUT2D eigenvalue weighted by molar-refractivity contribution is -0.137. The van der Waals surface area contributed by atoms with Crippen LogP contribution < -0.4 is 0 Å². The Labute approximate surface area is 164 Å². The molecule has 3 saturated heterocycles. The zero-order chi connectivity index (χ0) is 18.8. The highest BCUT2D eigenvalue weighted by atomic mass is 16.2. The molecule has 3 heterocycles. The number of carbonyl (C=O) groups excluding carboxylic acids is 1. The molecule has 3 aliphatic rings. The van der Waals surface area contributed by atoms with E-state index in [1.54, 1.807) is 0 Å². The van der Waals surface area contributed by atoms with Gasteiger partial charge < -0.3 is 9.80 Å². The smallest absolute Gasteiger partial charge is 0.237 e. The number of benzene rings is 1. The zero-order valence-corrected chi connectivity index (χ0v) is 17.1. The van der Waals surface area contributed by atoms with Crippen LogP contribution >= 0.6 is 0 Å². The number of hydrogen-bond acceptors (Lipinski definition) is 3. The number of nitrogens with zero attached hydrogens (tertiary/aromatic N) is 3. The van der Waals surface area contributed by atoms with Gasteiger partial charge in [0, 0.05) is 32.2 Å². The fraction of sp³-hybridized carbons (Fsp3) is 0.696. The monoisotopic (exact) mass is 369 g/mol. The fourth-order valence-corrected chi connectivity index (χ4v) is 5.32. The van der Waals surface area contributed by atoms with Gasteiger partial charge in [-0.2, -0.15) is 0 Å². The molecule has 4 heteroatoms. The molecule has 3 fully saturated rings. The first-order chi connectivity index (χ1) is 13.1. The van der Waals surface area contributed by atoms with Gasteiger partial charge in [0.25, 0.3) is 0 Å². The molecule has 1 aromatic rings. The fourth-order valence-electron chi connectivity index (χ4n) is 5.32. The first kappa shape index (κ1) is 18.9. The predicted octanol–water partition coefficient (Wildman–Crippen LogP) is 3.21. The number of fused-ring (bicyclic) bond motifs is 1. The van der Waals surface area contributed by atoms with Crippen LogP contribution in [0.5, 0.6) is 0 Å². The summed E-state index contributed by atoms with van der Waals surface area (Å²) < 4.78 is 0. The van der Waals surface area contributed by atoms with Gasteiger partial charge in [-0.05, 0) is 75.2 Å². The predicted molar refractivity (Wildman–Crippen MR) is 110 cm³/mol. The molecule has 4 nitrogen and oxygen atoms in total. The van der Waals surface area contributed by atoms with Crippen LogP contribution in [-0.4, -0.2) is 65.9 Å². The number of piperidine rings is 2. The maximum absolute atomic E-state index is 12.8. The molecule has 0 aromatic heterocycles. The average Bonchev–Trinajstić information content (AvgIpc) is 2.67. The molecule has 27 heavy (non-hydrogen) atoms. The lowest BCUT2D eigenvalue weighted by Crippen LogP contribution is -2.55. The van der Waals surface area contributed by atoms with E-state index < -0.39 is 0 Å². The van der Waals surface area contributed by atoms with Crippen LogP contribution in [0.3, 0.4) is 0 Å². The van der Waals surface area contributed by atoms with Gasteiger partial charge in [0.1, 0.15) is 0 Å². The number of piperazine rings is 1. The molecular formula is C23H35N3O. The Morgan fingerprint density at radius 1 is 0.963 bits per heavy atom. The summed E-state index contributed by atoms with van der Waals surface area (Å²) in [5, 5.41) is 0. The topological polar surface area (TPSA) is 26.8 Å². The maximum Gasteiger partial charge on any atom is 0.237 e. The summed E-state index contributed by atoms with van der Waals surface area (Å²) in [4.78, 5) is 20.0. The van der Waals surface area contributed by atoms with Crippen molar-refractivity contribution in [2.24, 2.45) is 5.92 Å². The van der Waals surface area contributed by atoms with Crippen LogP contribution in [-0.2, 0) is 11.3 Å². The molecule has 0 N–H and O–H groups in total. The van der Waals surface area contributed by atoms with Gasteiger partial charge in [-0.1, -0.05) is 24.6 Å². The third-order valence-electron chi connectivity index (χ3n) is 7.06. The van der Waals surface area contributed by atoms with E-state index in [1.165, 1.54) is 61.9 Å². The Kier molecular flexibility index (Phi) is 5.84. The first-order valence-electron chi connectivity index (χ1n) is 10.9. The van der Waals surface area contributed by atoms with Crippen molar-refractivity contribution >= 4 is 5.91 Å². The summed E-state index contributed by atoms with van der Waals surface area (Å²) in [7, 11) is 0.